The summed E-state index contributed by atoms with van der Waals surface area (Å²) in [5, 5.41) is -0.137. The topological polar surface area (TPSA) is 25.8 Å². The first kappa shape index (κ1) is 9.27. The van der Waals surface area contributed by atoms with E-state index in [0.29, 0.717) is 5.82 Å². The van der Waals surface area contributed by atoms with Gasteiger partial charge in [-0.05, 0) is 19.1 Å². The third kappa shape index (κ3) is 1.32. The molecule has 0 aliphatic carbocycles. The first-order valence-corrected chi connectivity index (χ1v) is 4.25. The molecule has 0 radical (unpaired) electrons. The Balaban J connectivity index is 3.00. The van der Waals surface area contributed by atoms with Crippen LogP contribution in [0.15, 0.2) is 12.1 Å². The zero-order chi connectivity index (χ0) is 10.3. The highest BCUT2D eigenvalue weighted by molar-refractivity contribution is 6.34. The second-order valence-electron chi connectivity index (χ2n) is 2.81. The Bertz CT molecular complexity index is 514. The van der Waals surface area contributed by atoms with Gasteiger partial charge < -0.3 is 0 Å². The predicted octanol–water partition coefficient (Wildman–Crippen LogP) is 2.87. The summed E-state index contributed by atoms with van der Waals surface area (Å²) in [5.41, 5.74) is -0.0810. The summed E-state index contributed by atoms with van der Waals surface area (Å²) in [6.07, 6.45) is 0. The van der Waals surface area contributed by atoms with Gasteiger partial charge in [0.2, 0.25) is 0 Å². The molecule has 0 saturated carbocycles. The summed E-state index contributed by atoms with van der Waals surface area (Å²) in [4.78, 5) is 7.54. The molecule has 5 heteroatoms. The van der Waals surface area contributed by atoms with Crippen molar-refractivity contribution in [2.24, 2.45) is 0 Å². The largest absolute Gasteiger partial charge is 0.230 e. The molecule has 14 heavy (non-hydrogen) atoms. The SMILES string of the molecule is Cc1nc(Cl)c2c(F)ccc(F)c2n1. The highest BCUT2D eigenvalue weighted by Gasteiger charge is 2.12. The van der Waals surface area contributed by atoms with Crippen LogP contribution >= 0.6 is 11.6 Å². The molecule has 0 unspecified atom stereocenters. The number of hydrogen-bond acceptors (Lipinski definition) is 2. The molecule has 0 aliphatic rings. The first-order chi connectivity index (χ1) is 6.59. The van der Waals surface area contributed by atoms with Crippen LogP contribution in [0.3, 0.4) is 0 Å². The number of benzene rings is 1. The van der Waals surface area contributed by atoms with E-state index in [0.717, 1.165) is 12.1 Å². The number of halogens is 3. The van der Waals surface area contributed by atoms with Crippen LogP contribution in [0, 0.1) is 18.6 Å². The third-order valence-electron chi connectivity index (χ3n) is 1.82. The lowest BCUT2D eigenvalue weighted by molar-refractivity contribution is 0.614. The van der Waals surface area contributed by atoms with E-state index in [9.17, 15) is 8.78 Å². The number of nitrogens with zero attached hydrogens (tertiary/aromatic N) is 2. The minimum absolute atomic E-state index is 0.0653. The van der Waals surface area contributed by atoms with Gasteiger partial charge in [-0.2, -0.15) is 0 Å². The maximum Gasteiger partial charge on any atom is 0.149 e. The molecule has 2 aromatic rings. The summed E-state index contributed by atoms with van der Waals surface area (Å²) in [5.74, 6) is -0.910. The van der Waals surface area contributed by atoms with Gasteiger partial charge in [0.25, 0.3) is 0 Å². The van der Waals surface area contributed by atoms with E-state index >= 15 is 0 Å². The molecule has 0 amide bonds. The number of fused-ring (bicyclic) bond motifs is 1. The highest BCUT2D eigenvalue weighted by atomic mass is 35.5. The van der Waals surface area contributed by atoms with Crippen molar-refractivity contribution in [1.29, 1.82) is 0 Å². The quantitative estimate of drug-likeness (QED) is 0.631. The Labute approximate surface area is 83.6 Å². The van der Waals surface area contributed by atoms with E-state index in [1.807, 2.05) is 0 Å². The number of hydrogen-bond donors (Lipinski definition) is 0. The summed E-state index contributed by atoms with van der Waals surface area (Å²) >= 11 is 5.68. The summed E-state index contributed by atoms with van der Waals surface area (Å²) < 4.78 is 26.4. The number of aromatic nitrogens is 2. The monoisotopic (exact) mass is 214 g/mol. The molecule has 0 fully saturated rings. The van der Waals surface area contributed by atoms with E-state index in [-0.39, 0.29) is 16.1 Å². The van der Waals surface area contributed by atoms with Gasteiger partial charge in [0.15, 0.2) is 0 Å². The maximum absolute atomic E-state index is 13.2. The van der Waals surface area contributed by atoms with Crippen molar-refractivity contribution in [1.82, 2.24) is 9.97 Å². The van der Waals surface area contributed by atoms with Crippen LogP contribution in [-0.2, 0) is 0 Å². The van der Waals surface area contributed by atoms with Crippen LogP contribution in [0.25, 0.3) is 10.9 Å². The summed E-state index contributed by atoms with van der Waals surface area (Å²) in [6, 6.07) is 2.02. The van der Waals surface area contributed by atoms with Crippen LogP contribution in [0.4, 0.5) is 8.78 Å². The zero-order valence-electron chi connectivity index (χ0n) is 7.18. The predicted molar refractivity (Wildman–Crippen MR) is 49.2 cm³/mol. The lowest BCUT2D eigenvalue weighted by atomic mass is 10.2. The summed E-state index contributed by atoms with van der Waals surface area (Å²) in [7, 11) is 0. The van der Waals surface area contributed by atoms with Crippen molar-refractivity contribution in [3.8, 4) is 0 Å². The van der Waals surface area contributed by atoms with Crippen LogP contribution in [0.2, 0.25) is 5.15 Å². The van der Waals surface area contributed by atoms with Gasteiger partial charge in [0.1, 0.15) is 28.1 Å². The molecule has 1 aromatic carbocycles. The average molecular weight is 215 g/mol. The van der Waals surface area contributed by atoms with Gasteiger partial charge >= 0.3 is 0 Å². The molecule has 1 aromatic heterocycles. The molecular formula is C9H5ClF2N2. The number of aryl methyl sites for hydroxylation is 1. The molecule has 0 bridgehead atoms. The van der Waals surface area contributed by atoms with Gasteiger partial charge in [-0.25, -0.2) is 18.7 Å². The van der Waals surface area contributed by atoms with Crippen molar-refractivity contribution in [3.05, 3.63) is 34.7 Å². The second-order valence-corrected chi connectivity index (χ2v) is 3.17. The minimum Gasteiger partial charge on any atom is -0.230 e. The van der Waals surface area contributed by atoms with Gasteiger partial charge in [-0.3, -0.25) is 0 Å². The van der Waals surface area contributed by atoms with Gasteiger partial charge in [-0.1, -0.05) is 11.6 Å². The normalized spacial score (nSPS) is 10.9. The van der Waals surface area contributed by atoms with Crippen molar-refractivity contribution < 1.29 is 8.78 Å². The lowest BCUT2D eigenvalue weighted by Crippen LogP contribution is -1.95. The molecule has 0 aliphatic heterocycles. The Morgan fingerprint density at radius 3 is 2.50 bits per heavy atom. The average Bonchev–Trinajstić information content (AvgIpc) is 2.10. The molecular weight excluding hydrogens is 210 g/mol. The van der Waals surface area contributed by atoms with Crippen molar-refractivity contribution >= 4 is 22.5 Å². The van der Waals surface area contributed by atoms with Crippen molar-refractivity contribution in [2.75, 3.05) is 0 Å². The fourth-order valence-electron chi connectivity index (χ4n) is 1.23. The molecule has 72 valence electrons. The van der Waals surface area contributed by atoms with Crippen molar-refractivity contribution in [3.63, 3.8) is 0 Å². The number of rotatable bonds is 0. The van der Waals surface area contributed by atoms with Crippen LogP contribution < -0.4 is 0 Å². The summed E-state index contributed by atoms with van der Waals surface area (Å²) in [6.45, 7) is 1.57. The lowest BCUT2D eigenvalue weighted by Gasteiger charge is -2.02. The van der Waals surface area contributed by atoms with Gasteiger partial charge in [0, 0.05) is 0 Å². The van der Waals surface area contributed by atoms with Crippen LogP contribution in [0.1, 0.15) is 5.82 Å². The van der Waals surface area contributed by atoms with E-state index in [2.05, 4.69) is 9.97 Å². The molecule has 0 N–H and O–H groups in total. The molecule has 0 saturated heterocycles. The standard InChI is InChI=1S/C9H5ClF2N2/c1-4-13-8-6(12)3-2-5(11)7(8)9(10)14-4/h2-3H,1H3. The van der Waals surface area contributed by atoms with Crippen LogP contribution in [0.5, 0.6) is 0 Å². The van der Waals surface area contributed by atoms with E-state index in [1.165, 1.54) is 0 Å². The Kier molecular flexibility index (Phi) is 2.07. The van der Waals surface area contributed by atoms with E-state index in [4.69, 9.17) is 11.6 Å². The smallest absolute Gasteiger partial charge is 0.149 e. The molecule has 2 rings (SSSR count). The highest BCUT2D eigenvalue weighted by Crippen LogP contribution is 2.25. The fraction of sp³-hybridized carbons (Fsp3) is 0.111. The zero-order valence-corrected chi connectivity index (χ0v) is 7.94. The van der Waals surface area contributed by atoms with E-state index in [1.54, 1.807) is 6.92 Å². The van der Waals surface area contributed by atoms with Gasteiger partial charge in [-0.15, -0.1) is 0 Å². The molecule has 0 atom stereocenters. The van der Waals surface area contributed by atoms with E-state index < -0.39 is 11.6 Å². The molecule has 2 nitrogen and oxygen atoms in total. The van der Waals surface area contributed by atoms with Crippen LogP contribution in [-0.4, -0.2) is 9.97 Å². The van der Waals surface area contributed by atoms with Gasteiger partial charge in [0.05, 0.1) is 5.39 Å². The third-order valence-corrected chi connectivity index (χ3v) is 2.09. The Morgan fingerprint density at radius 2 is 1.79 bits per heavy atom. The molecule has 1 heterocycles. The first-order valence-electron chi connectivity index (χ1n) is 3.87. The Morgan fingerprint density at radius 1 is 1.14 bits per heavy atom. The maximum atomic E-state index is 13.2. The molecule has 0 spiro atoms. The minimum atomic E-state index is -0.619. The second kappa shape index (κ2) is 3.13. The van der Waals surface area contributed by atoms with Crippen molar-refractivity contribution in [2.45, 2.75) is 6.92 Å². The Hall–Kier alpha value is -1.29. The fourth-order valence-corrected chi connectivity index (χ4v) is 1.53.